The van der Waals surface area contributed by atoms with Crippen molar-refractivity contribution in [1.29, 1.82) is 0 Å². The third kappa shape index (κ3) is 3.83. The molecule has 1 N–H and O–H groups in total. The van der Waals surface area contributed by atoms with Gasteiger partial charge in [-0.3, -0.25) is 4.98 Å². The molecule has 0 spiro atoms. The molecule has 1 fully saturated rings. The second-order valence-electron chi connectivity index (χ2n) is 5.50. The average Bonchev–Trinajstić information content (AvgIpc) is 2.45. The number of anilines is 2. The second-order valence-corrected chi connectivity index (χ2v) is 5.50. The summed E-state index contributed by atoms with van der Waals surface area (Å²) in [5, 5.41) is 3.40. The SMILES string of the molecule is CCCNc1cncc(N(C)C2CCN(C)CC2)c1. The van der Waals surface area contributed by atoms with Gasteiger partial charge in [0.2, 0.25) is 0 Å². The van der Waals surface area contributed by atoms with Crippen LogP contribution in [0.2, 0.25) is 0 Å². The molecule has 1 aliphatic heterocycles. The number of rotatable bonds is 5. The van der Waals surface area contributed by atoms with Crippen LogP contribution in [-0.2, 0) is 0 Å². The van der Waals surface area contributed by atoms with Gasteiger partial charge in [-0.1, -0.05) is 6.92 Å². The Hall–Kier alpha value is -1.29. The second kappa shape index (κ2) is 6.75. The molecule has 0 radical (unpaired) electrons. The summed E-state index contributed by atoms with van der Waals surface area (Å²) < 4.78 is 0. The van der Waals surface area contributed by atoms with E-state index >= 15 is 0 Å². The molecular weight excluding hydrogens is 236 g/mol. The van der Waals surface area contributed by atoms with Gasteiger partial charge in [-0.15, -0.1) is 0 Å². The lowest BCUT2D eigenvalue weighted by atomic mass is 10.0. The average molecular weight is 262 g/mol. The summed E-state index contributed by atoms with van der Waals surface area (Å²) >= 11 is 0. The first-order valence-electron chi connectivity index (χ1n) is 7.31. The zero-order valence-electron chi connectivity index (χ0n) is 12.4. The summed E-state index contributed by atoms with van der Waals surface area (Å²) in [6.07, 6.45) is 7.48. The van der Waals surface area contributed by atoms with Crippen LogP contribution < -0.4 is 10.2 Å². The molecule has 0 atom stereocenters. The minimum Gasteiger partial charge on any atom is -0.384 e. The van der Waals surface area contributed by atoms with Crippen molar-refractivity contribution in [3.05, 3.63) is 18.5 Å². The van der Waals surface area contributed by atoms with E-state index in [9.17, 15) is 0 Å². The molecule has 1 aromatic heterocycles. The van der Waals surface area contributed by atoms with E-state index in [1.807, 2.05) is 12.4 Å². The van der Waals surface area contributed by atoms with Crippen LogP contribution in [-0.4, -0.2) is 49.7 Å². The fraction of sp³-hybridized carbons (Fsp3) is 0.667. The van der Waals surface area contributed by atoms with Crippen molar-refractivity contribution in [2.45, 2.75) is 32.2 Å². The topological polar surface area (TPSA) is 31.4 Å². The number of aromatic nitrogens is 1. The minimum absolute atomic E-state index is 0.638. The number of hydrogen-bond acceptors (Lipinski definition) is 4. The van der Waals surface area contributed by atoms with E-state index in [1.165, 1.54) is 31.6 Å². The predicted octanol–water partition coefficient (Wildman–Crippen LogP) is 2.43. The molecule has 0 aliphatic carbocycles. The molecular formula is C15H26N4. The van der Waals surface area contributed by atoms with E-state index in [0.29, 0.717) is 6.04 Å². The summed E-state index contributed by atoms with van der Waals surface area (Å²) in [6, 6.07) is 2.85. The monoisotopic (exact) mass is 262 g/mol. The Bertz CT molecular complexity index is 385. The molecule has 106 valence electrons. The molecule has 0 bridgehead atoms. The number of piperidine rings is 1. The lowest BCUT2D eigenvalue weighted by Crippen LogP contribution is -2.42. The van der Waals surface area contributed by atoms with Crippen molar-refractivity contribution in [3.8, 4) is 0 Å². The molecule has 1 aliphatic rings. The molecule has 0 amide bonds. The van der Waals surface area contributed by atoms with Crippen LogP contribution in [0.3, 0.4) is 0 Å². The molecule has 0 unspecified atom stereocenters. The molecule has 19 heavy (non-hydrogen) atoms. The van der Waals surface area contributed by atoms with Gasteiger partial charge in [-0.2, -0.15) is 0 Å². The summed E-state index contributed by atoms with van der Waals surface area (Å²) in [4.78, 5) is 9.14. The third-order valence-electron chi connectivity index (χ3n) is 3.95. The van der Waals surface area contributed by atoms with Crippen LogP contribution in [0.15, 0.2) is 18.5 Å². The lowest BCUT2D eigenvalue weighted by molar-refractivity contribution is 0.253. The van der Waals surface area contributed by atoms with Gasteiger partial charge in [-0.25, -0.2) is 0 Å². The molecule has 2 heterocycles. The van der Waals surface area contributed by atoms with Gasteiger partial charge in [0.25, 0.3) is 0 Å². The van der Waals surface area contributed by atoms with Crippen molar-refractivity contribution in [2.75, 3.05) is 43.9 Å². The maximum atomic E-state index is 4.35. The largest absolute Gasteiger partial charge is 0.384 e. The first kappa shape index (κ1) is 14.1. The number of nitrogens with zero attached hydrogens (tertiary/aromatic N) is 3. The first-order valence-corrected chi connectivity index (χ1v) is 7.31. The van der Waals surface area contributed by atoms with Crippen LogP contribution in [0.4, 0.5) is 11.4 Å². The zero-order chi connectivity index (χ0) is 13.7. The Balaban J connectivity index is 1.99. The predicted molar refractivity (Wildman–Crippen MR) is 81.9 cm³/mol. The van der Waals surface area contributed by atoms with Gasteiger partial charge in [0.05, 0.1) is 23.8 Å². The van der Waals surface area contributed by atoms with E-state index in [1.54, 1.807) is 0 Å². The zero-order valence-corrected chi connectivity index (χ0v) is 12.4. The van der Waals surface area contributed by atoms with Crippen molar-refractivity contribution >= 4 is 11.4 Å². The van der Waals surface area contributed by atoms with Crippen molar-refractivity contribution < 1.29 is 0 Å². The van der Waals surface area contributed by atoms with Gasteiger partial charge in [-0.05, 0) is 45.5 Å². The summed E-state index contributed by atoms with van der Waals surface area (Å²) in [5.74, 6) is 0. The Labute approximate surface area is 116 Å². The highest BCUT2D eigenvalue weighted by Gasteiger charge is 2.21. The Morgan fingerprint density at radius 1 is 1.37 bits per heavy atom. The highest BCUT2D eigenvalue weighted by atomic mass is 15.2. The van der Waals surface area contributed by atoms with Crippen LogP contribution in [0, 0.1) is 0 Å². The minimum atomic E-state index is 0.638. The van der Waals surface area contributed by atoms with Gasteiger partial charge >= 0.3 is 0 Å². The number of hydrogen-bond donors (Lipinski definition) is 1. The van der Waals surface area contributed by atoms with Crippen molar-refractivity contribution in [2.24, 2.45) is 0 Å². The van der Waals surface area contributed by atoms with Gasteiger partial charge < -0.3 is 15.1 Å². The molecule has 4 nitrogen and oxygen atoms in total. The highest BCUT2D eigenvalue weighted by Crippen LogP contribution is 2.23. The smallest absolute Gasteiger partial charge is 0.0573 e. The van der Waals surface area contributed by atoms with Gasteiger partial charge in [0.1, 0.15) is 0 Å². The van der Waals surface area contributed by atoms with Crippen molar-refractivity contribution in [3.63, 3.8) is 0 Å². The van der Waals surface area contributed by atoms with E-state index in [-0.39, 0.29) is 0 Å². The fourth-order valence-corrected chi connectivity index (χ4v) is 2.58. The number of pyridine rings is 1. The normalized spacial score (nSPS) is 17.4. The maximum Gasteiger partial charge on any atom is 0.0573 e. The standard InChI is InChI=1S/C15H26N4/c1-4-7-17-13-10-15(12-16-11-13)19(3)14-5-8-18(2)9-6-14/h10-12,14,17H,4-9H2,1-3H3. The molecule has 1 saturated heterocycles. The molecule has 0 aromatic carbocycles. The number of likely N-dealkylation sites (tertiary alicyclic amines) is 1. The van der Waals surface area contributed by atoms with Crippen LogP contribution in [0.25, 0.3) is 0 Å². The lowest BCUT2D eigenvalue weighted by Gasteiger charge is -2.36. The maximum absolute atomic E-state index is 4.35. The van der Waals surface area contributed by atoms with Crippen molar-refractivity contribution in [1.82, 2.24) is 9.88 Å². The van der Waals surface area contributed by atoms with Gasteiger partial charge in [0, 0.05) is 19.6 Å². The third-order valence-corrected chi connectivity index (χ3v) is 3.95. The quantitative estimate of drug-likeness (QED) is 0.883. The summed E-state index contributed by atoms with van der Waals surface area (Å²) in [5.41, 5.74) is 2.34. The number of nitrogens with one attached hydrogen (secondary N) is 1. The molecule has 2 rings (SSSR count). The van der Waals surface area contributed by atoms with E-state index in [4.69, 9.17) is 0 Å². The van der Waals surface area contributed by atoms with Crippen LogP contribution in [0.5, 0.6) is 0 Å². The van der Waals surface area contributed by atoms with E-state index in [0.717, 1.165) is 18.7 Å². The van der Waals surface area contributed by atoms with Crippen LogP contribution >= 0.6 is 0 Å². The Morgan fingerprint density at radius 2 is 2.11 bits per heavy atom. The Morgan fingerprint density at radius 3 is 2.79 bits per heavy atom. The Kier molecular flexibility index (Phi) is 5.02. The van der Waals surface area contributed by atoms with Crippen LogP contribution in [0.1, 0.15) is 26.2 Å². The fourth-order valence-electron chi connectivity index (χ4n) is 2.58. The van der Waals surface area contributed by atoms with E-state index in [2.05, 4.69) is 47.2 Å². The first-order chi connectivity index (χ1) is 9.20. The van der Waals surface area contributed by atoms with Gasteiger partial charge in [0.15, 0.2) is 0 Å². The highest BCUT2D eigenvalue weighted by molar-refractivity contribution is 5.55. The summed E-state index contributed by atoms with van der Waals surface area (Å²) in [7, 11) is 4.39. The molecule has 4 heteroatoms. The van der Waals surface area contributed by atoms with E-state index < -0.39 is 0 Å². The molecule has 0 saturated carbocycles. The summed E-state index contributed by atoms with van der Waals surface area (Å²) in [6.45, 7) is 5.56. The molecule has 1 aromatic rings.